The predicted octanol–water partition coefficient (Wildman–Crippen LogP) is 3.12. The third-order valence-corrected chi connectivity index (χ3v) is 2.06. The Morgan fingerprint density at radius 1 is 1.21 bits per heavy atom. The SMILES string of the molecule is CC.Cc1nc2ccc(F)cn2c1C. The molecule has 0 radical (unpaired) electrons. The van der Waals surface area contributed by atoms with Crippen molar-refractivity contribution in [3.05, 3.63) is 35.5 Å². The van der Waals surface area contributed by atoms with E-state index in [1.54, 1.807) is 10.5 Å². The summed E-state index contributed by atoms with van der Waals surface area (Å²) >= 11 is 0. The fourth-order valence-electron chi connectivity index (χ4n) is 1.25. The minimum absolute atomic E-state index is 0.233. The van der Waals surface area contributed by atoms with E-state index in [0.717, 1.165) is 17.0 Å². The molecule has 2 aromatic heterocycles. The van der Waals surface area contributed by atoms with Crippen LogP contribution in [0.4, 0.5) is 4.39 Å². The van der Waals surface area contributed by atoms with E-state index in [-0.39, 0.29) is 5.82 Å². The van der Waals surface area contributed by atoms with Gasteiger partial charge in [-0.2, -0.15) is 0 Å². The number of aromatic nitrogens is 2. The van der Waals surface area contributed by atoms with Gasteiger partial charge in [0.1, 0.15) is 11.5 Å². The van der Waals surface area contributed by atoms with Crippen molar-refractivity contribution in [2.45, 2.75) is 27.7 Å². The maximum atomic E-state index is 12.8. The molecule has 0 amide bonds. The number of hydrogen-bond donors (Lipinski definition) is 0. The number of imidazole rings is 1. The molecule has 2 aromatic rings. The van der Waals surface area contributed by atoms with Crippen molar-refractivity contribution in [1.82, 2.24) is 9.38 Å². The van der Waals surface area contributed by atoms with E-state index >= 15 is 0 Å². The molecule has 0 atom stereocenters. The van der Waals surface area contributed by atoms with Crippen LogP contribution in [0.3, 0.4) is 0 Å². The van der Waals surface area contributed by atoms with Crippen LogP contribution in [0.25, 0.3) is 5.65 Å². The van der Waals surface area contributed by atoms with Gasteiger partial charge in [-0.3, -0.25) is 0 Å². The first-order valence-electron chi connectivity index (χ1n) is 4.79. The van der Waals surface area contributed by atoms with Crippen molar-refractivity contribution in [1.29, 1.82) is 0 Å². The summed E-state index contributed by atoms with van der Waals surface area (Å²) in [5.74, 6) is -0.233. The average Bonchev–Trinajstić information content (AvgIpc) is 2.48. The highest BCUT2D eigenvalue weighted by molar-refractivity contribution is 5.42. The zero-order valence-electron chi connectivity index (χ0n) is 9.00. The zero-order chi connectivity index (χ0) is 10.7. The molecule has 0 saturated carbocycles. The zero-order valence-corrected chi connectivity index (χ0v) is 9.00. The summed E-state index contributed by atoms with van der Waals surface area (Å²) in [5.41, 5.74) is 2.73. The van der Waals surface area contributed by atoms with Crippen molar-refractivity contribution in [2.24, 2.45) is 0 Å². The Bertz CT molecular complexity index is 432. The predicted molar refractivity (Wildman–Crippen MR) is 56.0 cm³/mol. The quantitative estimate of drug-likeness (QED) is 0.629. The van der Waals surface area contributed by atoms with Crippen molar-refractivity contribution in [3.63, 3.8) is 0 Å². The van der Waals surface area contributed by atoms with E-state index in [9.17, 15) is 4.39 Å². The van der Waals surface area contributed by atoms with Gasteiger partial charge in [0.15, 0.2) is 0 Å². The topological polar surface area (TPSA) is 17.3 Å². The Balaban J connectivity index is 0.000000461. The van der Waals surface area contributed by atoms with E-state index in [1.165, 1.54) is 12.3 Å². The van der Waals surface area contributed by atoms with Gasteiger partial charge in [0.05, 0.1) is 5.69 Å². The number of nitrogens with zero attached hydrogens (tertiary/aromatic N) is 2. The van der Waals surface area contributed by atoms with Crippen LogP contribution in [-0.2, 0) is 0 Å². The summed E-state index contributed by atoms with van der Waals surface area (Å²) in [6.07, 6.45) is 1.45. The minimum Gasteiger partial charge on any atom is -0.301 e. The smallest absolute Gasteiger partial charge is 0.139 e. The molecule has 76 valence electrons. The highest BCUT2D eigenvalue weighted by Gasteiger charge is 2.03. The summed E-state index contributed by atoms with van der Waals surface area (Å²) in [6, 6.07) is 3.09. The van der Waals surface area contributed by atoms with Crippen molar-refractivity contribution in [3.8, 4) is 0 Å². The molecule has 0 fully saturated rings. The molecule has 14 heavy (non-hydrogen) atoms. The molecule has 0 spiro atoms. The average molecular weight is 194 g/mol. The van der Waals surface area contributed by atoms with Gasteiger partial charge in [-0.1, -0.05) is 13.8 Å². The molecule has 2 nitrogen and oxygen atoms in total. The van der Waals surface area contributed by atoms with Crippen molar-refractivity contribution < 1.29 is 4.39 Å². The van der Waals surface area contributed by atoms with Gasteiger partial charge >= 0.3 is 0 Å². The van der Waals surface area contributed by atoms with Gasteiger partial charge in [0, 0.05) is 11.9 Å². The number of rotatable bonds is 0. The van der Waals surface area contributed by atoms with Gasteiger partial charge in [0.2, 0.25) is 0 Å². The molecule has 0 aliphatic rings. The molecular formula is C11H15FN2. The van der Waals surface area contributed by atoms with Crippen molar-refractivity contribution in [2.75, 3.05) is 0 Å². The summed E-state index contributed by atoms with van der Waals surface area (Å²) in [4.78, 5) is 4.25. The standard InChI is InChI=1S/C9H9FN2.C2H6/c1-6-7(2)12-5-8(10)3-4-9(12)11-6;1-2/h3-5H,1-2H3;1-2H3. The molecule has 3 heteroatoms. The van der Waals surface area contributed by atoms with Crippen LogP contribution in [0, 0.1) is 19.7 Å². The van der Waals surface area contributed by atoms with E-state index in [0.29, 0.717) is 0 Å². The second-order valence-corrected chi connectivity index (χ2v) is 2.86. The maximum absolute atomic E-state index is 12.8. The Hall–Kier alpha value is -1.38. The second-order valence-electron chi connectivity index (χ2n) is 2.86. The lowest BCUT2D eigenvalue weighted by molar-refractivity contribution is 0.618. The number of fused-ring (bicyclic) bond motifs is 1. The van der Waals surface area contributed by atoms with Crippen LogP contribution in [0.2, 0.25) is 0 Å². The van der Waals surface area contributed by atoms with Crippen LogP contribution in [-0.4, -0.2) is 9.38 Å². The molecule has 0 N–H and O–H groups in total. The lowest BCUT2D eigenvalue weighted by Gasteiger charge is -1.94. The third kappa shape index (κ3) is 1.76. The van der Waals surface area contributed by atoms with E-state index in [4.69, 9.17) is 0 Å². The lowest BCUT2D eigenvalue weighted by atomic mass is 10.4. The van der Waals surface area contributed by atoms with E-state index in [1.807, 2.05) is 27.7 Å². The number of pyridine rings is 1. The number of hydrogen-bond acceptors (Lipinski definition) is 1. The second kappa shape index (κ2) is 4.22. The summed E-state index contributed by atoms with van der Waals surface area (Å²) in [6.45, 7) is 7.84. The highest BCUT2D eigenvalue weighted by atomic mass is 19.1. The maximum Gasteiger partial charge on any atom is 0.139 e. The van der Waals surface area contributed by atoms with Crippen LogP contribution in [0.1, 0.15) is 25.2 Å². The third-order valence-electron chi connectivity index (χ3n) is 2.06. The van der Waals surface area contributed by atoms with Gasteiger partial charge in [-0.15, -0.1) is 0 Å². The summed E-state index contributed by atoms with van der Waals surface area (Å²) < 4.78 is 14.5. The van der Waals surface area contributed by atoms with E-state index in [2.05, 4.69) is 4.98 Å². The number of aryl methyl sites for hydroxylation is 2. The van der Waals surface area contributed by atoms with Gasteiger partial charge < -0.3 is 4.40 Å². The first-order chi connectivity index (χ1) is 6.68. The summed E-state index contributed by atoms with van der Waals surface area (Å²) in [7, 11) is 0. The Morgan fingerprint density at radius 2 is 1.86 bits per heavy atom. The molecule has 0 aromatic carbocycles. The molecule has 2 rings (SSSR count). The molecule has 0 aliphatic heterocycles. The van der Waals surface area contributed by atoms with Gasteiger partial charge in [-0.25, -0.2) is 9.37 Å². The van der Waals surface area contributed by atoms with Crippen LogP contribution < -0.4 is 0 Å². The molecule has 0 saturated heterocycles. The van der Waals surface area contributed by atoms with Crippen LogP contribution >= 0.6 is 0 Å². The largest absolute Gasteiger partial charge is 0.301 e. The minimum atomic E-state index is -0.233. The Kier molecular flexibility index (Phi) is 3.23. The van der Waals surface area contributed by atoms with Gasteiger partial charge in [0.25, 0.3) is 0 Å². The van der Waals surface area contributed by atoms with Crippen molar-refractivity contribution >= 4 is 5.65 Å². The van der Waals surface area contributed by atoms with E-state index < -0.39 is 0 Å². The fourth-order valence-corrected chi connectivity index (χ4v) is 1.25. The molecule has 2 heterocycles. The first kappa shape index (κ1) is 10.7. The number of halogens is 1. The first-order valence-corrected chi connectivity index (χ1v) is 4.79. The summed E-state index contributed by atoms with van der Waals surface area (Å²) in [5, 5.41) is 0. The molecular weight excluding hydrogens is 179 g/mol. The fraction of sp³-hybridized carbons (Fsp3) is 0.364. The van der Waals surface area contributed by atoms with Crippen LogP contribution in [0.15, 0.2) is 18.3 Å². The highest BCUT2D eigenvalue weighted by Crippen LogP contribution is 2.11. The molecule has 0 bridgehead atoms. The normalized spacial score (nSPS) is 9.79. The molecule has 0 unspecified atom stereocenters. The Labute approximate surface area is 83.4 Å². The molecule has 0 aliphatic carbocycles. The monoisotopic (exact) mass is 194 g/mol. The van der Waals surface area contributed by atoms with Gasteiger partial charge in [-0.05, 0) is 26.0 Å². The van der Waals surface area contributed by atoms with Crippen LogP contribution in [0.5, 0.6) is 0 Å². The lowest BCUT2D eigenvalue weighted by Crippen LogP contribution is -1.88. The Morgan fingerprint density at radius 3 is 2.50 bits per heavy atom.